The van der Waals surface area contributed by atoms with E-state index in [9.17, 15) is 19.1 Å². The van der Waals surface area contributed by atoms with Crippen molar-refractivity contribution in [1.82, 2.24) is 4.57 Å². The number of halogens is 1. The molecule has 5 rings (SSSR count). The van der Waals surface area contributed by atoms with Crippen molar-refractivity contribution in [3.05, 3.63) is 39.9 Å². The highest BCUT2D eigenvalue weighted by Crippen LogP contribution is 2.50. The number of aromatic carboxylic acids is 1. The van der Waals surface area contributed by atoms with E-state index >= 15 is 0 Å². The van der Waals surface area contributed by atoms with Crippen molar-refractivity contribution in [2.45, 2.75) is 37.9 Å². The quantitative estimate of drug-likeness (QED) is 0.877. The molecular weight excluding hydrogens is 337 g/mol. The van der Waals surface area contributed by atoms with Crippen LogP contribution in [0.25, 0.3) is 10.9 Å². The summed E-state index contributed by atoms with van der Waals surface area (Å²) in [6.07, 6.45) is 3.28. The summed E-state index contributed by atoms with van der Waals surface area (Å²) in [6, 6.07) is 3.44. The lowest BCUT2D eigenvalue weighted by Crippen LogP contribution is -2.36. The molecule has 0 amide bonds. The van der Waals surface area contributed by atoms with Crippen molar-refractivity contribution in [2.75, 3.05) is 11.4 Å². The van der Waals surface area contributed by atoms with Gasteiger partial charge in [0.05, 0.1) is 11.2 Å². The number of carboxylic acids is 1. The van der Waals surface area contributed by atoms with Gasteiger partial charge in [0, 0.05) is 42.2 Å². The molecule has 4 atom stereocenters. The predicted octanol–water partition coefficient (Wildman–Crippen LogP) is 1.96. The van der Waals surface area contributed by atoms with Crippen LogP contribution in [-0.4, -0.2) is 34.3 Å². The van der Waals surface area contributed by atoms with Crippen molar-refractivity contribution in [2.24, 2.45) is 17.6 Å². The highest BCUT2D eigenvalue weighted by molar-refractivity contribution is 5.93. The number of fused-ring (bicyclic) bond motifs is 2. The fourth-order valence-electron chi connectivity index (χ4n) is 4.66. The summed E-state index contributed by atoms with van der Waals surface area (Å²) >= 11 is 0. The number of anilines is 1. The molecule has 3 N–H and O–H groups in total. The Bertz CT molecular complexity index is 1010. The van der Waals surface area contributed by atoms with E-state index in [2.05, 4.69) is 6.92 Å². The predicted molar refractivity (Wildman–Crippen MR) is 95.2 cm³/mol. The topological polar surface area (TPSA) is 88.6 Å². The average Bonchev–Trinajstić information content (AvgIpc) is 3.49. The van der Waals surface area contributed by atoms with Gasteiger partial charge < -0.3 is 20.3 Å². The summed E-state index contributed by atoms with van der Waals surface area (Å²) in [4.78, 5) is 26.0. The molecular formula is C19H20FN3O3. The molecule has 3 aliphatic rings. The molecule has 0 unspecified atom stereocenters. The van der Waals surface area contributed by atoms with Crippen molar-refractivity contribution in [3.8, 4) is 0 Å². The van der Waals surface area contributed by atoms with Crippen LogP contribution in [0.1, 0.15) is 36.2 Å². The van der Waals surface area contributed by atoms with E-state index in [1.54, 1.807) is 6.07 Å². The first kappa shape index (κ1) is 15.8. The third kappa shape index (κ3) is 2.06. The molecule has 136 valence electrons. The van der Waals surface area contributed by atoms with Gasteiger partial charge in [-0.05, 0) is 37.8 Å². The van der Waals surface area contributed by atoms with Crippen LogP contribution in [0.2, 0.25) is 0 Å². The Kier molecular flexibility index (Phi) is 3.08. The number of hydrogen-bond acceptors (Lipinski definition) is 4. The molecule has 2 aliphatic carbocycles. The minimum atomic E-state index is -1.28. The lowest BCUT2D eigenvalue weighted by atomic mass is 10.1. The van der Waals surface area contributed by atoms with Crippen LogP contribution in [0, 0.1) is 17.7 Å². The van der Waals surface area contributed by atoms with Gasteiger partial charge in [-0.1, -0.05) is 0 Å². The fraction of sp³-hybridized carbons (Fsp3) is 0.474. The Balaban J connectivity index is 1.69. The number of rotatable bonds is 3. The van der Waals surface area contributed by atoms with Gasteiger partial charge in [-0.2, -0.15) is 0 Å². The smallest absolute Gasteiger partial charge is 0.341 e. The van der Waals surface area contributed by atoms with Crippen LogP contribution in [-0.2, 0) is 0 Å². The molecule has 0 spiro atoms. The first-order valence-electron chi connectivity index (χ1n) is 9.02. The van der Waals surface area contributed by atoms with Gasteiger partial charge in [0.1, 0.15) is 11.4 Å². The molecule has 6 nitrogen and oxygen atoms in total. The molecule has 2 heterocycles. The number of pyridine rings is 1. The van der Waals surface area contributed by atoms with E-state index < -0.39 is 17.2 Å². The zero-order valence-electron chi connectivity index (χ0n) is 14.4. The van der Waals surface area contributed by atoms with Crippen LogP contribution in [0.5, 0.6) is 0 Å². The maximum atomic E-state index is 14.9. The highest BCUT2D eigenvalue weighted by Gasteiger charge is 2.58. The second kappa shape index (κ2) is 5.07. The minimum Gasteiger partial charge on any atom is -0.477 e. The Hall–Kier alpha value is -2.41. The third-order valence-electron chi connectivity index (χ3n) is 6.33. The SMILES string of the molecule is C[C@@H]1[C@@H]2[C@@H](N)[C@@H]2CN1c1cc2c(cc1F)c(=O)c(C(=O)O)cn2C1CC1. The number of carbonyl (C=O) groups is 1. The Morgan fingerprint density at radius 3 is 2.65 bits per heavy atom. The van der Waals surface area contributed by atoms with E-state index in [1.807, 2.05) is 9.47 Å². The van der Waals surface area contributed by atoms with E-state index in [1.165, 1.54) is 12.3 Å². The van der Waals surface area contributed by atoms with Gasteiger partial charge in [0.25, 0.3) is 0 Å². The fourth-order valence-corrected chi connectivity index (χ4v) is 4.66. The summed E-state index contributed by atoms with van der Waals surface area (Å²) in [7, 11) is 0. The van der Waals surface area contributed by atoms with Crippen LogP contribution in [0.3, 0.4) is 0 Å². The monoisotopic (exact) mass is 357 g/mol. The largest absolute Gasteiger partial charge is 0.477 e. The lowest BCUT2D eigenvalue weighted by molar-refractivity contribution is 0.0695. The molecule has 1 aromatic heterocycles. The van der Waals surface area contributed by atoms with Gasteiger partial charge in [0.15, 0.2) is 0 Å². The third-order valence-corrected chi connectivity index (χ3v) is 6.33. The number of nitrogens with two attached hydrogens (primary N) is 1. The second-order valence-electron chi connectivity index (χ2n) is 7.85. The minimum absolute atomic E-state index is 0.131. The Morgan fingerprint density at radius 1 is 1.35 bits per heavy atom. The van der Waals surface area contributed by atoms with Gasteiger partial charge in [-0.15, -0.1) is 0 Å². The number of nitrogens with zero attached hydrogens (tertiary/aromatic N) is 2. The molecule has 7 heteroatoms. The highest BCUT2D eigenvalue weighted by atomic mass is 19.1. The van der Waals surface area contributed by atoms with Crippen LogP contribution >= 0.6 is 0 Å². The normalized spacial score (nSPS) is 29.9. The molecule has 0 bridgehead atoms. The van der Waals surface area contributed by atoms with E-state index in [4.69, 9.17) is 5.73 Å². The standard InChI is InChI=1S/C19H20FN3O3/c1-8-16-11(17(16)21)6-22(8)15-5-14-10(4-13(15)20)18(24)12(19(25)26)7-23(14)9-2-3-9/h4-5,7-9,11,16-17H,2-3,6,21H2,1H3,(H,25,26)/t8-,11-,16+,17+/m1/s1. The number of hydrogen-bond donors (Lipinski definition) is 2. The van der Waals surface area contributed by atoms with Crippen LogP contribution in [0.15, 0.2) is 23.1 Å². The van der Waals surface area contributed by atoms with Gasteiger partial charge in [-0.25, -0.2) is 9.18 Å². The van der Waals surface area contributed by atoms with Crippen LogP contribution in [0.4, 0.5) is 10.1 Å². The average molecular weight is 357 g/mol. The van der Waals surface area contributed by atoms with Gasteiger partial charge in [0.2, 0.25) is 5.43 Å². The number of aromatic nitrogens is 1. The first-order chi connectivity index (χ1) is 12.4. The summed E-state index contributed by atoms with van der Waals surface area (Å²) in [5.41, 5.74) is 6.19. The van der Waals surface area contributed by atoms with E-state index in [0.717, 1.165) is 19.4 Å². The van der Waals surface area contributed by atoms with Crippen molar-refractivity contribution in [1.29, 1.82) is 0 Å². The lowest BCUT2D eigenvalue weighted by Gasteiger charge is -2.29. The zero-order valence-corrected chi connectivity index (χ0v) is 14.4. The number of carboxylic acid groups (broad SMARTS) is 1. The van der Waals surface area contributed by atoms with E-state index in [-0.39, 0.29) is 29.1 Å². The Labute approximate surface area is 149 Å². The number of piperidine rings is 1. The zero-order chi connectivity index (χ0) is 18.3. The molecule has 26 heavy (non-hydrogen) atoms. The summed E-state index contributed by atoms with van der Waals surface area (Å²) in [6.45, 7) is 2.78. The van der Waals surface area contributed by atoms with Crippen molar-refractivity contribution >= 4 is 22.6 Å². The van der Waals surface area contributed by atoms with E-state index in [0.29, 0.717) is 23.0 Å². The molecule has 1 aromatic carbocycles. The summed E-state index contributed by atoms with van der Waals surface area (Å²) in [5.74, 6) is -0.968. The maximum Gasteiger partial charge on any atom is 0.341 e. The van der Waals surface area contributed by atoms with Crippen molar-refractivity contribution in [3.63, 3.8) is 0 Å². The molecule has 3 fully saturated rings. The number of benzene rings is 1. The first-order valence-corrected chi connectivity index (χ1v) is 9.02. The summed E-state index contributed by atoms with van der Waals surface area (Å²) in [5, 5.41) is 9.45. The molecule has 2 aromatic rings. The Morgan fingerprint density at radius 2 is 2.08 bits per heavy atom. The van der Waals surface area contributed by atoms with Crippen LogP contribution < -0.4 is 16.1 Å². The second-order valence-corrected chi connectivity index (χ2v) is 7.85. The molecule has 1 aliphatic heterocycles. The maximum absolute atomic E-state index is 14.9. The van der Waals surface area contributed by atoms with Crippen molar-refractivity contribution < 1.29 is 14.3 Å². The summed E-state index contributed by atoms with van der Waals surface area (Å²) < 4.78 is 16.7. The van der Waals surface area contributed by atoms with Gasteiger partial charge >= 0.3 is 5.97 Å². The molecule has 1 saturated heterocycles. The molecule has 2 saturated carbocycles. The van der Waals surface area contributed by atoms with Gasteiger partial charge in [-0.3, -0.25) is 4.79 Å². The molecule has 0 radical (unpaired) electrons.